The Kier molecular flexibility index (Phi) is 1.65. The lowest BCUT2D eigenvalue weighted by molar-refractivity contribution is 0.410. The molecule has 2 radical (unpaired) electrons. The minimum Gasteiger partial charge on any atom is -0.292 e. The Morgan fingerprint density at radius 2 is 2.71 bits per heavy atom. The third-order valence-electron chi connectivity index (χ3n) is 1.13. The predicted octanol–water partition coefficient (Wildman–Crippen LogP) is -0.0922. The number of rotatable bonds is 1. The molecule has 1 N–H and O–H groups in total. The molecule has 40 valence electrons. The Bertz CT molecular complexity index is 48.0. The molecule has 1 saturated heterocycles. The van der Waals surface area contributed by atoms with Crippen molar-refractivity contribution in [2.24, 2.45) is 0 Å². The van der Waals surface area contributed by atoms with Gasteiger partial charge in [-0.1, -0.05) is 6.92 Å². The lowest BCUT2D eigenvalue weighted by Gasteiger charge is -2.05. The van der Waals surface area contributed by atoms with E-state index in [4.69, 9.17) is 0 Å². The van der Waals surface area contributed by atoms with Gasteiger partial charge < -0.3 is 0 Å². The highest BCUT2D eigenvalue weighted by atomic mass is 15.3. The molecule has 1 fully saturated rings. The van der Waals surface area contributed by atoms with Gasteiger partial charge in [0.1, 0.15) is 6.67 Å². The van der Waals surface area contributed by atoms with E-state index in [1.54, 1.807) is 0 Å². The van der Waals surface area contributed by atoms with Crippen LogP contribution in [0, 0.1) is 6.67 Å². The second-order valence-corrected chi connectivity index (χ2v) is 1.62. The summed E-state index contributed by atoms with van der Waals surface area (Å²) in [6.07, 6.45) is 0. The number of nitrogens with zero attached hydrogens (tertiary/aromatic N) is 1. The Morgan fingerprint density at radius 1 is 1.86 bits per heavy atom. The first-order valence-corrected chi connectivity index (χ1v) is 2.67. The molecule has 0 aliphatic carbocycles. The lowest BCUT2D eigenvalue weighted by atomic mass is 10.6. The van der Waals surface area contributed by atoms with Crippen LogP contribution < -0.4 is 5.32 Å². The first-order chi connectivity index (χ1) is 3.43. The quantitative estimate of drug-likeness (QED) is 0.493. The van der Waals surface area contributed by atoms with Crippen molar-refractivity contribution in [3.63, 3.8) is 0 Å². The average Bonchev–Trinajstić information content (AvgIpc) is 2.14. The van der Waals surface area contributed by atoms with Gasteiger partial charge in [-0.2, -0.15) is 0 Å². The zero-order valence-electron chi connectivity index (χ0n) is 4.57. The summed E-state index contributed by atoms with van der Waals surface area (Å²) in [5, 5.41) is 3.00. The fourth-order valence-corrected chi connectivity index (χ4v) is 0.652. The topological polar surface area (TPSA) is 15.3 Å². The van der Waals surface area contributed by atoms with Crippen LogP contribution in [-0.4, -0.2) is 24.5 Å². The van der Waals surface area contributed by atoms with Crippen molar-refractivity contribution >= 4 is 0 Å². The van der Waals surface area contributed by atoms with Crippen LogP contribution in [0.5, 0.6) is 0 Å². The molecule has 1 rings (SSSR count). The van der Waals surface area contributed by atoms with Gasteiger partial charge in [0.05, 0.1) is 0 Å². The summed E-state index contributed by atoms with van der Waals surface area (Å²) < 4.78 is 0. The van der Waals surface area contributed by atoms with Crippen LogP contribution in [0.15, 0.2) is 0 Å². The van der Waals surface area contributed by atoms with E-state index in [-0.39, 0.29) is 0 Å². The van der Waals surface area contributed by atoms with Crippen molar-refractivity contribution in [2.45, 2.75) is 6.92 Å². The standard InChI is InChI=1S/C5H10N2/c1-2-7-4-3-6-5-7/h6H,2-4H2,1H3. The summed E-state index contributed by atoms with van der Waals surface area (Å²) in [5.41, 5.74) is 0. The number of likely N-dealkylation sites (N-methyl/N-ethyl adjacent to an activating group) is 1. The highest BCUT2D eigenvalue weighted by Crippen LogP contribution is 1.93. The minimum absolute atomic E-state index is 1.06. The highest BCUT2D eigenvalue weighted by Gasteiger charge is 2.07. The molecule has 0 unspecified atom stereocenters. The molecular formula is C5H10N2. The van der Waals surface area contributed by atoms with Crippen molar-refractivity contribution in [1.29, 1.82) is 0 Å². The van der Waals surface area contributed by atoms with Gasteiger partial charge >= 0.3 is 0 Å². The summed E-state index contributed by atoms with van der Waals surface area (Å²) in [5.74, 6) is 0. The lowest BCUT2D eigenvalue weighted by Crippen LogP contribution is -2.15. The van der Waals surface area contributed by atoms with E-state index in [2.05, 4.69) is 23.8 Å². The Balaban J connectivity index is 2.14. The van der Waals surface area contributed by atoms with Gasteiger partial charge in [-0.25, -0.2) is 0 Å². The van der Waals surface area contributed by atoms with Crippen molar-refractivity contribution in [3.05, 3.63) is 6.67 Å². The molecule has 2 heteroatoms. The molecule has 1 heterocycles. The molecular weight excluding hydrogens is 88.1 g/mol. The molecule has 2 nitrogen and oxygen atoms in total. The van der Waals surface area contributed by atoms with E-state index in [1.165, 1.54) is 0 Å². The maximum atomic E-state index is 3.00. The number of hydrogen-bond donors (Lipinski definition) is 1. The van der Waals surface area contributed by atoms with Crippen LogP contribution in [0.4, 0.5) is 0 Å². The summed E-state index contributed by atoms with van der Waals surface area (Å²) in [4.78, 5) is 2.12. The summed E-state index contributed by atoms with van der Waals surface area (Å²) in [7, 11) is 0. The minimum atomic E-state index is 1.06. The van der Waals surface area contributed by atoms with Crippen LogP contribution in [0.2, 0.25) is 0 Å². The molecule has 0 aromatic heterocycles. The third-order valence-corrected chi connectivity index (χ3v) is 1.13. The molecule has 0 spiro atoms. The van der Waals surface area contributed by atoms with Crippen LogP contribution in [0.25, 0.3) is 0 Å². The zero-order chi connectivity index (χ0) is 5.11. The van der Waals surface area contributed by atoms with Crippen LogP contribution in [0.3, 0.4) is 0 Å². The van der Waals surface area contributed by atoms with Crippen LogP contribution in [0.1, 0.15) is 6.92 Å². The van der Waals surface area contributed by atoms with Gasteiger partial charge in [-0.05, 0) is 6.54 Å². The van der Waals surface area contributed by atoms with Gasteiger partial charge in [0.25, 0.3) is 0 Å². The van der Waals surface area contributed by atoms with Crippen molar-refractivity contribution < 1.29 is 0 Å². The maximum Gasteiger partial charge on any atom is 0.143 e. The number of nitrogens with one attached hydrogen (secondary N) is 1. The fourth-order valence-electron chi connectivity index (χ4n) is 0.652. The normalized spacial score (nSPS) is 23.6. The van der Waals surface area contributed by atoms with E-state index in [0.717, 1.165) is 19.6 Å². The molecule has 0 aromatic rings. The first-order valence-electron chi connectivity index (χ1n) is 2.67. The zero-order valence-corrected chi connectivity index (χ0v) is 4.57. The second-order valence-electron chi connectivity index (χ2n) is 1.62. The van der Waals surface area contributed by atoms with E-state index >= 15 is 0 Å². The van der Waals surface area contributed by atoms with E-state index < -0.39 is 0 Å². The molecule has 0 amide bonds. The van der Waals surface area contributed by atoms with Crippen LogP contribution >= 0.6 is 0 Å². The van der Waals surface area contributed by atoms with Gasteiger partial charge in [0.15, 0.2) is 0 Å². The first kappa shape index (κ1) is 5.06. The molecule has 1 aliphatic heterocycles. The van der Waals surface area contributed by atoms with Gasteiger partial charge in [0.2, 0.25) is 0 Å². The summed E-state index contributed by atoms with van der Waals surface area (Å²) in [6.45, 7) is 8.38. The summed E-state index contributed by atoms with van der Waals surface area (Å²) in [6, 6.07) is 0. The highest BCUT2D eigenvalue weighted by molar-refractivity contribution is 4.73. The van der Waals surface area contributed by atoms with Gasteiger partial charge in [-0.15, -0.1) is 0 Å². The Morgan fingerprint density at radius 3 is 3.00 bits per heavy atom. The largest absolute Gasteiger partial charge is 0.292 e. The van der Waals surface area contributed by atoms with Gasteiger partial charge in [0, 0.05) is 13.1 Å². The van der Waals surface area contributed by atoms with Crippen molar-refractivity contribution in [3.8, 4) is 0 Å². The van der Waals surface area contributed by atoms with Crippen molar-refractivity contribution in [2.75, 3.05) is 19.6 Å². The smallest absolute Gasteiger partial charge is 0.143 e. The molecule has 0 aromatic carbocycles. The second kappa shape index (κ2) is 2.28. The maximum absolute atomic E-state index is 3.00. The average molecular weight is 98.1 g/mol. The number of hydrogen-bond acceptors (Lipinski definition) is 2. The van der Waals surface area contributed by atoms with E-state index in [0.29, 0.717) is 0 Å². The monoisotopic (exact) mass is 98.1 g/mol. The van der Waals surface area contributed by atoms with E-state index in [1.807, 2.05) is 0 Å². The molecule has 1 aliphatic rings. The molecule has 0 saturated carbocycles. The fraction of sp³-hybridized carbons (Fsp3) is 0.800. The predicted molar refractivity (Wildman–Crippen MR) is 28.5 cm³/mol. The molecule has 7 heavy (non-hydrogen) atoms. The molecule has 0 bridgehead atoms. The SMILES string of the molecule is CCN1[C]NCC1. The molecule has 0 atom stereocenters. The van der Waals surface area contributed by atoms with Crippen molar-refractivity contribution in [1.82, 2.24) is 10.2 Å². The third kappa shape index (κ3) is 1.14. The summed E-state index contributed by atoms with van der Waals surface area (Å²) >= 11 is 0. The van der Waals surface area contributed by atoms with E-state index in [9.17, 15) is 0 Å². The Labute approximate surface area is 44.5 Å². The van der Waals surface area contributed by atoms with Gasteiger partial charge in [-0.3, -0.25) is 10.2 Å². The Hall–Kier alpha value is -0.0800. The van der Waals surface area contributed by atoms with Crippen LogP contribution in [-0.2, 0) is 0 Å².